The molecule has 0 amide bonds. The first-order valence-electron chi connectivity index (χ1n) is 6.63. The van der Waals surface area contributed by atoms with Crippen LogP contribution in [0, 0.1) is 5.82 Å². The monoisotopic (exact) mass is 275 g/mol. The van der Waals surface area contributed by atoms with E-state index in [2.05, 4.69) is 5.32 Å². The van der Waals surface area contributed by atoms with Crippen molar-refractivity contribution >= 4 is 5.69 Å². The maximum Gasteiger partial charge on any atom is 0.125 e. The zero-order valence-corrected chi connectivity index (χ0v) is 11.4. The van der Waals surface area contributed by atoms with Crippen LogP contribution in [0.25, 0.3) is 0 Å². The summed E-state index contributed by atoms with van der Waals surface area (Å²) in [6.45, 7) is 3.71. The van der Waals surface area contributed by atoms with Gasteiger partial charge in [0.2, 0.25) is 0 Å². The van der Waals surface area contributed by atoms with Gasteiger partial charge in [0.15, 0.2) is 0 Å². The number of benzene rings is 2. The van der Waals surface area contributed by atoms with Gasteiger partial charge in [0.1, 0.15) is 23.9 Å². The molecule has 2 aromatic carbocycles. The van der Waals surface area contributed by atoms with E-state index in [1.165, 1.54) is 12.1 Å². The maximum absolute atomic E-state index is 13.0. The van der Waals surface area contributed by atoms with Gasteiger partial charge in [0.25, 0.3) is 0 Å². The molecule has 0 spiro atoms. The van der Waals surface area contributed by atoms with Crippen molar-refractivity contribution in [3.05, 3.63) is 54.3 Å². The second-order valence-corrected chi connectivity index (χ2v) is 4.19. The number of halogens is 1. The smallest absolute Gasteiger partial charge is 0.125 e. The predicted octanol–water partition coefficient (Wildman–Crippen LogP) is 3.72. The molecule has 0 aliphatic carbocycles. The Hall–Kier alpha value is -2.23. The Morgan fingerprint density at radius 3 is 2.35 bits per heavy atom. The third kappa shape index (κ3) is 4.46. The molecular weight excluding hydrogens is 257 g/mol. The first kappa shape index (κ1) is 14.2. The number of nitrogens with one attached hydrogen (secondary N) is 1. The minimum absolute atomic E-state index is 0.248. The quantitative estimate of drug-likeness (QED) is 0.781. The molecule has 0 fully saturated rings. The van der Waals surface area contributed by atoms with Crippen LogP contribution in [0.2, 0.25) is 0 Å². The molecule has 0 saturated carbocycles. The fourth-order valence-corrected chi connectivity index (χ4v) is 1.76. The Balaban J connectivity index is 1.73. The van der Waals surface area contributed by atoms with Gasteiger partial charge >= 0.3 is 0 Å². The molecule has 1 N–H and O–H groups in total. The largest absolute Gasteiger partial charge is 0.494 e. The lowest BCUT2D eigenvalue weighted by molar-refractivity contribution is 0.326. The van der Waals surface area contributed by atoms with Crippen LogP contribution < -0.4 is 14.8 Å². The van der Waals surface area contributed by atoms with Crippen LogP contribution in [0.1, 0.15) is 6.92 Å². The molecule has 0 aliphatic rings. The van der Waals surface area contributed by atoms with Crippen molar-refractivity contribution in [2.24, 2.45) is 0 Å². The van der Waals surface area contributed by atoms with Crippen molar-refractivity contribution < 1.29 is 13.9 Å². The highest BCUT2D eigenvalue weighted by atomic mass is 19.1. The number of rotatable bonds is 7. The van der Waals surface area contributed by atoms with Gasteiger partial charge in [-0.15, -0.1) is 0 Å². The molecule has 106 valence electrons. The van der Waals surface area contributed by atoms with Gasteiger partial charge in [-0.05, 0) is 49.4 Å². The summed E-state index contributed by atoms with van der Waals surface area (Å²) in [4.78, 5) is 0. The highest BCUT2D eigenvalue weighted by Gasteiger charge is 1.97. The van der Waals surface area contributed by atoms with Crippen LogP contribution >= 0.6 is 0 Å². The summed E-state index contributed by atoms with van der Waals surface area (Å²) in [6.07, 6.45) is 0. The summed E-state index contributed by atoms with van der Waals surface area (Å²) in [6, 6.07) is 13.8. The average Bonchev–Trinajstić information content (AvgIpc) is 2.46. The zero-order valence-electron chi connectivity index (χ0n) is 11.4. The minimum Gasteiger partial charge on any atom is -0.494 e. The summed E-state index contributed by atoms with van der Waals surface area (Å²) >= 11 is 0. The molecule has 0 unspecified atom stereocenters. The van der Waals surface area contributed by atoms with Crippen molar-refractivity contribution in [2.45, 2.75) is 6.92 Å². The van der Waals surface area contributed by atoms with Crippen molar-refractivity contribution in [2.75, 3.05) is 25.1 Å². The van der Waals surface area contributed by atoms with Gasteiger partial charge in [-0.25, -0.2) is 4.39 Å². The summed E-state index contributed by atoms with van der Waals surface area (Å²) in [5, 5.41) is 3.10. The van der Waals surface area contributed by atoms with E-state index in [-0.39, 0.29) is 5.82 Å². The third-order valence-electron chi connectivity index (χ3n) is 2.66. The van der Waals surface area contributed by atoms with E-state index in [1.807, 2.05) is 37.3 Å². The van der Waals surface area contributed by atoms with Crippen molar-refractivity contribution in [1.82, 2.24) is 0 Å². The van der Waals surface area contributed by atoms with Crippen LogP contribution in [-0.4, -0.2) is 19.8 Å². The molecule has 3 nitrogen and oxygen atoms in total. The maximum atomic E-state index is 13.0. The predicted molar refractivity (Wildman–Crippen MR) is 78.0 cm³/mol. The van der Waals surface area contributed by atoms with E-state index in [0.717, 1.165) is 17.2 Å². The minimum atomic E-state index is -0.248. The zero-order chi connectivity index (χ0) is 14.2. The van der Waals surface area contributed by atoms with E-state index in [0.29, 0.717) is 19.8 Å². The van der Waals surface area contributed by atoms with Crippen molar-refractivity contribution in [3.8, 4) is 11.5 Å². The van der Waals surface area contributed by atoms with Gasteiger partial charge < -0.3 is 14.8 Å². The van der Waals surface area contributed by atoms with Crippen LogP contribution in [-0.2, 0) is 0 Å². The highest BCUT2D eigenvalue weighted by molar-refractivity contribution is 5.42. The topological polar surface area (TPSA) is 30.5 Å². The van der Waals surface area contributed by atoms with Crippen LogP contribution in [0.3, 0.4) is 0 Å². The van der Waals surface area contributed by atoms with Crippen LogP contribution in [0.4, 0.5) is 10.1 Å². The summed E-state index contributed by atoms with van der Waals surface area (Å²) in [5.74, 6) is 1.37. The average molecular weight is 275 g/mol. The Morgan fingerprint density at radius 1 is 1.00 bits per heavy atom. The second-order valence-electron chi connectivity index (χ2n) is 4.19. The second kappa shape index (κ2) is 7.38. The van der Waals surface area contributed by atoms with Gasteiger partial charge in [0, 0.05) is 12.2 Å². The molecule has 4 heteroatoms. The van der Waals surface area contributed by atoms with E-state index in [4.69, 9.17) is 9.47 Å². The molecule has 20 heavy (non-hydrogen) atoms. The normalized spacial score (nSPS) is 10.1. The van der Waals surface area contributed by atoms with Crippen molar-refractivity contribution in [1.29, 1.82) is 0 Å². The van der Waals surface area contributed by atoms with E-state index < -0.39 is 0 Å². The molecule has 2 rings (SSSR count). The van der Waals surface area contributed by atoms with E-state index in [1.54, 1.807) is 6.07 Å². The SMILES string of the molecule is CCOc1ccc(OCCNc2cccc(F)c2)cc1. The number of ether oxygens (including phenoxy) is 2. The van der Waals surface area contributed by atoms with Crippen LogP contribution in [0.15, 0.2) is 48.5 Å². The molecule has 0 bridgehead atoms. The Bertz CT molecular complexity index is 528. The van der Waals surface area contributed by atoms with E-state index in [9.17, 15) is 4.39 Å². The van der Waals surface area contributed by atoms with Gasteiger partial charge in [-0.2, -0.15) is 0 Å². The summed E-state index contributed by atoms with van der Waals surface area (Å²) in [7, 11) is 0. The molecule has 0 radical (unpaired) electrons. The fraction of sp³-hybridized carbons (Fsp3) is 0.250. The molecule has 0 saturated heterocycles. The molecule has 0 atom stereocenters. The van der Waals surface area contributed by atoms with Gasteiger partial charge in [-0.1, -0.05) is 6.07 Å². The number of anilines is 1. The Kier molecular flexibility index (Phi) is 5.24. The van der Waals surface area contributed by atoms with E-state index >= 15 is 0 Å². The van der Waals surface area contributed by atoms with Crippen molar-refractivity contribution in [3.63, 3.8) is 0 Å². The van der Waals surface area contributed by atoms with Gasteiger partial charge in [0.05, 0.1) is 6.61 Å². The highest BCUT2D eigenvalue weighted by Crippen LogP contribution is 2.17. The Morgan fingerprint density at radius 2 is 1.70 bits per heavy atom. The molecular formula is C16H18FNO2. The lowest BCUT2D eigenvalue weighted by atomic mass is 10.3. The lowest BCUT2D eigenvalue weighted by Gasteiger charge is -2.09. The molecule has 2 aromatic rings. The Labute approximate surface area is 118 Å². The van der Waals surface area contributed by atoms with Gasteiger partial charge in [-0.3, -0.25) is 0 Å². The summed E-state index contributed by atoms with van der Waals surface area (Å²) in [5.41, 5.74) is 0.750. The summed E-state index contributed by atoms with van der Waals surface area (Å²) < 4.78 is 23.9. The molecule has 0 aliphatic heterocycles. The molecule has 0 heterocycles. The standard InChI is InChI=1S/C16H18FNO2/c1-2-19-15-6-8-16(9-7-15)20-11-10-18-14-5-3-4-13(17)12-14/h3-9,12,18H,2,10-11H2,1H3. The first-order chi connectivity index (χ1) is 9.78. The first-order valence-corrected chi connectivity index (χ1v) is 6.63. The fourth-order valence-electron chi connectivity index (χ4n) is 1.76. The van der Waals surface area contributed by atoms with Crippen LogP contribution in [0.5, 0.6) is 11.5 Å². The third-order valence-corrected chi connectivity index (χ3v) is 2.66. The number of hydrogen-bond acceptors (Lipinski definition) is 3. The number of hydrogen-bond donors (Lipinski definition) is 1. The molecule has 0 aromatic heterocycles. The lowest BCUT2D eigenvalue weighted by Crippen LogP contribution is -2.11.